The molecule has 1 nitrogen and oxygen atoms in total. The lowest BCUT2D eigenvalue weighted by Crippen LogP contribution is -1.91. The Kier molecular flexibility index (Phi) is 7.17. The first-order valence-corrected chi connectivity index (χ1v) is 20.4. The molecule has 264 valence electrons. The highest BCUT2D eigenvalue weighted by atomic mass is 32.1. The van der Waals surface area contributed by atoms with Crippen LogP contribution in [-0.2, 0) is 0 Å². The molecule has 12 aromatic rings. The summed E-state index contributed by atoms with van der Waals surface area (Å²) in [5, 5.41) is 13.9. The van der Waals surface area contributed by atoms with E-state index in [-0.39, 0.29) is 0 Å². The normalized spacial score (nSPS) is 11.9. The monoisotopic (exact) mass is 739 g/mol. The molecule has 0 spiro atoms. The predicted octanol–water partition coefficient (Wildman–Crippen LogP) is 15.9. The summed E-state index contributed by atoms with van der Waals surface area (Å²) >= 11 is 1.91. The first-order valence-electron chi connectivity index (χ1n) is 19.5. The topological polar surface area (TPSA) is 12.9 Å². The molecule has 0 aliphatic carbocycles. The standard InChI is InChI=1S/C55H33NS/c1-2-15-35(16-3-1)50-37-18-4-8-22-41(37)52(42-23-9-5-19-38(42)50)45-26-13-29-49-54(45)47-28-12-27-46(55(47)57-49)53-43-24-10-6-20-39(43)51(40-21-7-11-25-44(40)53)36-31-30-34-17-14-32-56-48(34)33-36/h1-33H. The lowest BCUT2D eigenvalue weighted by Gasteiger charge is -2.19. The minimum absolute atomic E-state index is 1.01. The van der Waals surface area contributed by atoms with Gasteiger partial charge in [0.25, 0.3) is 0 Å². The summed E-state index contributed by atoms with van der Waals surface area (Å²) in [7, 11) is 0. The van der Waals surface area contributed by atoms with Crippen LogP contribution >= 0.6 is 11.3 Å². The van der Waals surface area contributed by atoms with Crippen LogP contribution in [0.3, 0.4) is 0 Å². The minimum Gasteiger partial charge on any atom is -0.256 e. The average molecular weight is 740 g/mol. The second kappa shape index (κ2) is 12.7. The summed E-state index contributed by atoms with van der Waals surface area (Å²) in [6, 6.07) is 71.4. The zero-order valence-corrected chi connectivity index (χ0v) is 31.7. The second-order valence-electron chi connectivity index (χ2n) is 14.9. The number of hydrogen-bond donors (Lipinski definition) is 0. The van der Waals surface area contributed by atoms with Crippen molar-refractivity contribution >= 4 is 85.5 Å². The minimum atomic E-state index is 1.01. The van der Waals surface area contributed by atoms with E-state index in [1.165, 1.54) is 108 Å². The van der Waals surface area contributed by atoms with Gasteiger partial charge in [-0.15, -0.1) is 11.3 Å². The van der Waals surface area contributed by atoms with Crippen molar-refractivity contribution in [3.63, 3.8) is 0 Å². The Morgan fingerprint density at radius 3 is 1.44 bits per heavy atom. The molecular weight excluding hydrogens is 707 g/mol. The van der Waals surface area contributed by atoms with Gasteiger partial charge in [-0.1, -0.05) is 176 Å². The summed E-state index contributed by atoms with van der Waals surface area (Å²) < 4.78 is 2.61. The molecule has 0 aliphatic rings. The first kappa shape index (κ1) is 32.1. The highest BCUT2D eigenvalue weighted by Crippen LogP contribution is 2.51. The van der Waals surface area contributed by atoms with Gasteiger partial charge in [0, 0.05) is 37.3 Å². The van der Waals surface area contributed by atoms with Crippen LogP contribution in [0, 0.1) is 0 Å². The van der Waals surface area contributed by atoms with Gasteiger partial charge in [0.05, 0.1) is 5.52 Å². The van der Waals surface area contributed by atoms with Crippen LogP contribution < -0.4 is 0 Å². The van der Waals surface area contributed by atoms with Crippen molar-refractivity contribution in [1.82, 2.24) is 4.98 Å². The van der Waals surface area contributed by atoms with E-state index < -0.39 is 0 Å². The molecule has 2 aromatic heterocycles. The molecule has 0 amide bonds. The third-order valence-electron chi connectivity index (χ3n) is 11.9. The van der Waals surface area contributed by atoms with Crippen LogP contribution in [-0.4, -0.2) is 4.98 Å². The molecule has 0 radical (unpaired) electrons. The van der Waals surface area contributed by atoms with Crippen molar-refractivity contribution in [3.05, 3.63) is 200 Å². The second-order valence-corrected chi connectivity index (χ2v) is 16.0. The summed E-state index contributed by atoms with van der Waals surface area (Å²) in [5.41, 5.74) is 11.1. The molecule has 12 rings (SSSR count). The number of nitrogens with zero attached hydrogens (tertiary/aromatic N) is 1. The quantitative estimate of drug-likeness (QED) is 0.164. The van der Waals surface area contributed by atoms with Gasteiger partial charge in [0.2, 0.25) is 0 Å². The number of aromatic nitrogens is 1. The van der Waals surface area contributed by atoms with E-state index in [2.05, 4.69) is 188 Å². The third kappa shape index (κ3) is 4.84. The molecule has 0 saturated heterocycles. The van der Waals surface area contributed by atoms with Crippen LogP contribution in [0.25, 0.3) is 119 Å². The van der Waals surface area contributed by atoms with Gasteiger partial charge < -0.3 is 0 Å². The van der Waals surface area contributed by atoms with Crippen molar-refractivity contribution in [2.24, 2.45) is 0 Å². The van der Waals surface area contributed by atoms with E-state index in [0.717, 1.165) is 10.9 Å². The molecular formula is C55H33NS. The SMILES string of the molecule is c1ccc(-c2c3ccccc3c(-c3cccc4sc5c(-c6c7ccccc7c(-c7ccc8cccnc8c7)c7ccccc67)cccc5c34)c3ccccc23)cc1. The average Bonchev–Trinajstić information content (AvgIpc) is 3.67. The maximum atomic E-state index is 4.73. The molecule has 0 N–H and O–H groups in total. The largest absolute Gasteiger partial charge is 0.256 e. The molecule has 2 heteroatoms. The van der Waals surface area contributed by atoms with Gasteiger partial charge in [-0.05, 0) is 100 Å². The van der Waals surface area contributed by atoms with Crippen molar-refractivity contribution in [3.8, 4) is 44.5 Å². The molecule has 2 heterocycles. The predicted molar refractivity (Wildman–Crippen MR) is 246 cm³/mol. The number of rotatable bonds is 4. The number of fused-ring (bicyclic) bond motifs is 8. The molecule has 10 aromatic carbocycles. The molecule has 0 aliphatic heterocycles. The number of pyridine rings is 1. The lowest BCUT2D eigenvalue weighted by atomic mass is 9.84. The fourth-order valence-electron chi connectivity index (χ4n) is 9.54. The molecule has 0 unspecified atom stereocenters. The van der Waals surface area contributed by atoms with Crippen LogP contribution in [0.4, 0.5) is 0 Å². The van der Waals surface area contributed by atoms with Gasteiger partial charge in [-0.25, -0.2) is 0 Å². The fourth-order valence-corrected chi connectivity index (χ4v) is 10.8. The molecule has 0 fully saturated rings. The summed E-state index contributed by atoms with van der Waals surface area (Å²) in [5.74, 6) is 0. The van der Waals surface area contributed by atoms with Crippen LogP contribution in [0.2, 0.25) is 0 Å². The number of benzene rings is 10. The van der Waals surface area contributed by atoms with E-state index >= 15 is 0 Å². The Hall–Kier alpha value is -7.13. The van der Waals surface area contributed by atoms with Gasteiger partial charge in [-0.3, -0.25) is 4.98 Å². The van der Waals surface area contributed by atoms with Crippen LogP contribution in [0.5, 0.6) is 0 Å². The van der Waals surface area contributed by atoms with Gasteiger partial charge >= 0.3 is 0 Å². The highest BCUT2D eigenvalue weighted by Gasteiger charge is 2.23. The molecule has 0 saturated carbocycles. The summed E-state index contributed by atoms with van der Waals surface area (Å²) in [6.45, 7) is 0. The van der Waals surface area contributed by atoms with Crippen LogP contribution in [0.1, 0.15) is 0 Å². The molecule has 0 atom stereocenters. The maximum absolute atomic E-state index is 4.73. The Labute approximate surface area is 333 Å². The van der Waals surface area contributed by atoms with Gasteiger partial charge in [0.1, 0.15) is 0 Å². The Bertz CT molecular complexity index is 3460. The molecule has 57 heavy (non-hydrogen) atoms. The maximum Gasteiger partial charge on any atom is 0.0708 e. The zero-order valence-electron chi connectivity index (χ0n) is 30.9. The Morgan fingerprint density at radius 2 is 0.825 bits per heavy atom. The fraction of sp³-hybridized carbons (Fsp3) is 0. The number of hydrogen-bond acceptors (Lipinski definition) is 2. The Balaban J connectivity index is 1.16. The van der Waals surface area contributed by atoms with E-state index in [0.29, 0.717) is 0 Å². The number of thiophene rings is 1. The van der Waals surface area contributed by atoms with Crippen LogP contribution in [0.15, 0.2) is 200 Å². The highest BCUT2D eigenvalue weighted by molar-refractivity contribution is 7.26. The first-order chi connectivity index (χ1) is 28.3. The summed E-state index contributed by atoms with van der Waals surface area (Å²) in [4.78, 5) is 4.73. The third-order valence-corrected chi connectivity index (χ3v) is 13.1. The van der Waals surface area contributed by atoms with E-state index in [1.54, 1.807) is 0 Å². The van der Waals surface area contributed by atoms with Gasteiger partial charge in [-0.2, -0.15) is 0 Å². The smallest absolute Gasteiger partial charge is 0.0708 e. The van der Waals surface area contributed by atoms with Crippen molar-refractivity contribution < 1.29 is 0 Å². The van der Waals surface area contributed by atoms with Gasteiger partial charge in [0.15, 0.2) is 0 Å². The van der Waals surface area contributed by atoms with E-state index in [4.69, 9.17) is 4.98 Å². The summed E-state index contributed by atoms with van der Waals surface area (Å²) in [6.07, 6.45) is 1.88. The zero-order chi connectivity index (χ0) is 37.5. The molecule has 0 bridgehead atoms. The lowest BCUT2D eigenvalue weighted by molar-refractivity contribution is 1.41. The van der Waals surface area contributed by atoms with Crippen molar-refractivity contribution in [1.29, 1.82) is 0 Å². The van der Waals surface area contributed by atoms with Crippen molar-refractivity contribution in [2.45, 2.75) is 0 Å². The van der Waals surface area contributed by atoms with E-state index in [1.807, 2.05) is 23.6 Å². The van der Waals surface area contributed by atoms with E-state index in [9.17, 15) is 0 Å². The van der Waals surface area contributed by atoms with Crippen molar-refractivity contribution in [2.75, 3.05) is 0 Å². The Morgan fingerprint density at radius 1 is 0.333 bits per heavy atom.